The molecule has 0 aromatic heterocycles. The van der Waals surface area contributed by atoms with Crippen molar-refractivity contribution in [2.45, 2.75) is 5.75 Å². The molecule has 0 N–H and O–H groups in total. The van der Waals surface area contributed by atoms with Crippen LogP contribution in [0, 0.1) is 5.82 Å². The summed E-state index contributed by atoms with van der Waals surface area (Å²) in [6, 6.07) is 3.62. The molecule has 1 aromatic rings. The van der Waals surface area contributed by atoms with Crippen molar-refractivity contribution in [3.63, 3.8) is 0 Å². The molecule has 1 aromatic carbocycles. The van der Waals surface area contributed by atoms with Gasteiger partial charge in [-0.3, -0.25) is 0 Å². The summed E-state index contributed by atoms with van der Waals surface area (Å²) in [5, 5.41) is 0. The normalized spacial score (nSPS) is 11.4. The second kappa shape index (κ2) is 4.14. The number of halogens is 2. The molecule has 0 saturated heterocycles. The zero-order valence-electron chi connectivity index (χ0n) is 7.33. The quantitative estimate of drug-likeness (QED) is 0.756. The lowest BCUT2D eigenvalue weighted by molar-refractivity contribution is 0.409. The van der Waals surface area contributed by atoms with E-state index in [4.69, 9.17) is 15.4 Å². The second-order valence-corrected chi connectivity index (χ2v) is 5.42. The van der Waals surface area contributed by atoms with Gasteiger partial charge < -0.3 is 4.74 Å². The largest absolute Gasteiger partial charge is 0.496 e. The summed E-state index contributed by atoms with van der Waals surface area (Å²) >= 11 is 0. The maximum atomic E-state index is 12.8. The van der Waals surface area contributed by atoms with Gasteiger partial charge in [0.15, 0.2) is 0 Å². The lowest BCUT2D eigenvalue weighted by Gasteiger charge is -2.06. The Labute approximate surface area is 85.9 Å². The highest BCUT2D eigenvalue weighted by molar-refractivity contribution is 8.13. The summed E-state index contributed by atoms with van der Waals surface area (Å²) in [6.45, 7) is 0. The van der Waals surface area contributed by atoms with Crippen LogP contribution in [-0.4, -0.2) is 15.5 Å². The molecule has 1 rings (SSSR count). The van der Waals surface area contributed by atoms with E-state index >= 15 is 0 Å². The van der Waals surface area contributed by atoms with Crippen LogP contribution in [0.4, 0.5) is 4.39 Å². The van der Waals surface area contributed by atoms with E-state index in [0.717, 1.165) is 6.07 Å². The third-order valence-corrected chi connectivity index (χ3v) is 2.55. The van der Waals surface area contributed by atoms with Gasteiger partial charge in [-0.1, -0.05) is 0 Å². The molecule has 0 aliphatic carbocycles. The zero-order chi connectivity index (χ0) is 10.8. The van der Waals surface area contributed by atoms with Gasteiger partial charge in [0.05, 0.1) is 12.9 Å². The van der Waals surface area contributed by atoms with Gasteiger partial charge in [-0.15, -0.1) is 0 Å². The molecule has 0 bridgehead atoms. The summed E-state index contributed by atoms with van der Waals surface area (Å²) in [5.74, 6) is -0.674. The minimum atomic E-state index is -3.70. The van der Waals surface area contributed by atoms with Gasteiger partial charge in [0, 0.05) is 16.2 Å². The SMILES string of the molecule is COc1ccc(F)cc1CS(=O)(=O)Cl. The van der Waals surface area contributed by atoms with Crippen molar-refractivity contribution in [2.75, 3.05) is 7.11 Å². The highest BCUT2D eigenvalue weighted by Crippen LogP contribution is 2.22. The molecule has 0 unspecified atom stereocenters. The first kappa shape index (κ1) is 11.3. The lowest BCUT2D eigenvalue weighted by atomic mass is 10.2. The van der Waals surface area contributed by atoms with Crippen LogP contribution in [0.2, 0.25) is 0 Å². The van der Waals surface area contributed by atoms with Crippen LogP contribution >= 0.6 is 10.7 Å². The molecule has 0 spiro atoms. The molecule has 0 atom stereocenters. The van der Waals surface area contributed by atoms with E-state index in [2.05, 4.69) is 0 Å². The lowest BCUT2D eigenvalue weighted by Crippen LogP contribution is -1.99. The minimum Gasteiger partial charge on any atom is -0.496 e. The van der Waals surface area contributed by atoms with E-state index in [0.29, 0.717) is 5.75 Å². The fraction of sp³-hybridized carbons (Fsp3) is 0.250. The molecule has 6 heteroatoms. The van der Waals surface area contributed by atoms with E-state index in [9.17, 15) is 12.8 Å². The molecular formula is C8H8ClFO3S. The van der Waals surface area contributed by atoms with Crippen LogP contribution in [0.3, 0.4) is 0 Å². The van der Waals surface area contributed by atoms with Crippen molar-refractivity contribution in [2.24, 2.45) is 0 Å². The van der Waals surface area contributed by atoms with Crippen LogP contribution in [0.1, 0.15) is 5.56 Å². The highest BCUT2D eigenvalue weighted by atomic mass is 35.7. The molecule has 0 aliphatic rings. The fourth-order valence-corrected chi connectivity index (χ4v) is 2.00. The number of ether oxygens (including phenoxy) is 1. The van der Waals surface area contributed by atoms with E-state index in [1.807, 2.05) is 0 Å². The van der Waals surface area contributed by atoms with Crippen LogP contribution in [0.5, 0.6) is 5.75 Å². The summed E-state index contributed by atoms with van der Waals surface area (Å²) in [6.07, 6.45) is 0. The van der Waals surface area contributed by atoms with Gasteiger partial charge >= 0.3 is 0 Å². The van der Waals surface area contributed by atoms with Crippen molar-refractivity contribution in [3.05, 3.63) is 29.6 Å². The molecule has 3 nitrogen and oxygen atoms in total. The van der Waals surface area contributed by atoms with Gasteiger partial charge in [0.2, 0.25) is 9.05 Å². The Morgan fingerprint density at radius 3 is 2.64 bits per heavy atom. The molecule has 0 heterocycles. The Kier molecular flexibility index (Phi) is 3.34. The summed E-state index contributed by atoms with van der Waals surface area (Å²) in [5.41, 5.74) is 0.211. The molecule has 0 aliphatic heterocycles. The number of rotatable bonds is 3. The maximum absolute atomic E-state index is 12.8. The summed E-state index contributed by atoms with van der Waals surface area (Å²) < 4.78 is 39.2. The molecule has 78 valence electrons. The Morgan fingerprint density at radius 1 is 1.50 bits per heavy atom. The molecule has 14 heavy (non-hydrogen) atoms. The third kappa shape index (κ3) is 3.16. The minimum absolute atomic E-state index is 0.211. The zero-order valence-corrected chi connectivity index (χ0v) is 8.90. The topological polar surface area (TPSA) is 43.4 Å². The molecule has 0 fully saturated rings. The first-order valence-corrected chi connectivity index (χ1v) is 6.15. The van der Waals surface area contributed by atoms with Gasteiger partial charge in [-0.05, 0) is 18.2 Å². The van der Waals surface area contributed by atoms with E-state index < -0.39 is 20.6 Å². The standard InChI is InChI=1S/C8H8ClFO3S/c1-13-8-3-2-7(10)4-6(8)5-14(9,11)12/h2-4H,5H2,1H3. The van der Waals surface area contributed by atoms with Gasteiger partial charge in [0.25, 0.3) is 0 Å². The van der Waals surface area contributed by atoms with Crippen LogP contribution in [-0.2, 0) is 14.8 Å². The molecule has 0 radical (unpaired) electrons. The average Bonchev–Trinajstić information content (AvgIpc) is 2.01. The van der Waals surface area contributed by atoms with Gasteiger partial charge in [-0.2, -0.15) is 0 Å². The first-order chi connectivity index (χ1) is 6.42. The average molecular weight is 239 g/mol. The Bertz CT molecular complexity index is 430. The Morgan fingerprint density at radius 2 is 2.14 bits per heavy atom. The van der Waals surface area contributed by atoms with Gasteiger partial charge in [-0.25, -0.2) is 12.8 Å². The summed E-state index contributed by atoms with van der Waals surface area (Å²) in [4.78, 5) is 0. The number of hydrogen-bond donors (Lipinski definition) is 0. The second-order valence-electron chi connectivity index (χ2n) is 2.64. The smallest absolute Gasteiger partial charge is 0.236 e. The number of benzene rings is 1. The Hall–Kier alpha value is -0.810. The van der Waals surface area contributed by atoms with E-state index in [1.165, 1.54) is 19.2 Å². The van der Waals surface area contributed by atoms with E-state index in [1.54, 1.807) is 0 Å². The van der Waals surface area contributed by atoms with E-state index in [-0.39, 0.29) is 5.56 Å². The Balaban J connectivity index is 3.11. The van der Waals surface area contributed by atoms with Crippen molar-refractivity contribution >= 4 is 19.7 Å². The number of hydrogen-bond acceptors (Lipinski definition) is 3. The highest BCUT2D eigenvalue weighted by Gasteiger charge is 2.12. The van der Waals surface area contributed by atoms with Crippen LogP contribution in [0.15, 0.2) is 18.2 Å². The van der Waals surface area contributed by atoms with Crippen molar-refractivity contribution in [1.82, 2.24) is 0 Å². The van der Waals surface area contributed by atoms with Crippen LogP contribution < -0.4 is 4.74 Å². The fourth-order valence-electron chi connectivity index (χ4n) is 1.05. The van der Waals surface area contributed by atoms with Crippen molar-refractivity contribution in [3.8, 4) is 5.75 Å². The monoisotopic (exact) mass is 238 g/mol. The predicted octanol–water partition coefficient (Wildman–Crippen LogP) is 1.90. The molecular weight excluding hydrogens is 231 g/mol. The third-order valence-electron chi connectivity index (χ3n) is 1.57. The van der Waals surface area contributed by atoms with Crippen molar-refractivity contribution < 1.29 is 17.5 Å². The molecule has 0 amide bonds. The summed E-state index contributed by atoms with van der Waals surface area (Å²) in [7, 11) is 2.71. The van der Waals surface area contributed by atoms with Crippen molar-refractivity contribution in [1.29, 1.82) is 0 Å². The first-order valence-electron chi connectivity index (χ1n) is 3.67. The maximum Gasteiger partial charge on any atom is 0.236 e. The predicted molar refractivity (Wildman–Crippen MR) is 51.4 cm³/mol. The van der Waals surface area contributed by atoms with Crippen LogP contribution in [0.25, 0.3) is 0 Å². The molecule has 0 saturated carbocycles. The number of methoxy groups -OCH3 is 1. The van der Waals surface area contributed by atoms with Gasteiger partial charge in [0.1, 0.15) is 11.6 Å².